The van der Waals surface area contributed by atoms with Gasteiger partial charge in [-0.25, -0.2) is 5.01 Å². The van der Waals surface area contributed by atoms with Crippen molar-refractivity contribution in [3.63, 3.8) is 0 Å². The maximum Gasteiger partial charge on any atom is 0.243 e. The highest BCUT2D eigenvalue weighted by Gasteiger charge is 2.33. The predicted molar refractivity (Wildman–Crippen MR) is 101 cm³/mol. The summed E-state index contributed by atoms with van der Waals surface area (Å²) in [7, 11) is 0. The number of benzene rings is 2. The summed E-state index contributed by atoms with van der Waals surface area (Å²) in [4.78, 5) is 32.0. The molecule has 4 rings (SSSR count). The molecule has 0 unspecified atom stereocenters. The third-order valence-corrected chi connectivity index (χ3v) is 4.69. The van der Waals surface area contributed by atoms with E-state index in [2.05, 4.69) is 15.1 Å². The Morgan fingerprint density at radius 2 is 1.75 bits per heavy atom. The number of amides is 1. The Morgan fingerprint density at radius 1 is 1.00 bits per heavy atom. The highest BCUT2D eigenvalue weighted by Crippen LogP contribution is 2.34. The van der Waals surface area contributed by atoms with Gasteiger partial charge in [-0.05, 0) is 29.7 Å². The van der Waals surface area contributed by atoms with Gasteiger partial charge in [-0.1, -0.05) is 36.4 Å². The molecule has 28 heavy (non-hydrogen) atoms. The van der Waals surface area contributed by atoms with Gasteiger partial charge in [-0.2, -0.15) is 5.10 Å². The van der Waals surface area contributed by atoms with Crippen LogP contribution in [0.15, 0.2) is 66.0 Å². The largest absolute Gasteiger partial charge is 0.550 e. The number of carbonyl (C=O) groups is 2. The maximum absolute atomic E-state index is 12.7. The number of rotatable bonds is 5. The van der Waals surface area contributed by atoms with Crippen molar-refractivity contribution < 1.29 is 14.7 Å². The molecule has 1 aliphatic rings. The molecule has 7 heteroatoms. The van der Waals surface area contributed by atoms with Crippen molar-refractivity contribution in [1.82, 2.24) is 15.0 Å². The summed E-state index contributed by atoms with van der Waals surface area (Å²) in [5.41, 5.74) is 4.10. The van der Waals surface area contributed by atoms with Gasteiger partial charge in [0.15, 0.2) is 0 Å². The maximum atomic E-state index is 12.7. The molecule has 0 N–H and O–H groups in total. The number of hydrogen-bond donors (Lipinski definition) is 0. The molecule has 0 fully saturated rings. The van der Waals surface area contributed by atoms with E-state index in [1.54, 1.807) is 12.4 Å². The van der Waals surface area contributed by atoms with Gasteiger partial charge in [0.2, 0.25) is 5.91 Å². The van der Waals surface area contributed by atoms with Gasteiger partial charge >= 0.3 is 0 Å². The normalized spacial score (nSPS) is 16.2. The molecule has 1 aromatic heterocycles. The van der Waals surface area contributed by atoms with Gasteiger partial charge in [-0.3, -0.25) is 14.8 Å². The first-order valence-electron chi connectivity index (χ1n) is 8.97. The molecule has 0 bridgehead atoms. The fraction of sp³-hybridized carbons (Fsp3) is 0.190. The van der Waals surface area contributed by atoms with E-state index in [0.717, 1.165) is 27.9 Å². The summed E-state index contributed by atoms with van der Waals surface area (Å²) < 4.78 is 0. The monoisotopic (exact) mass is 373 g/mol. The molecular weight excluding hydrogens is 356 g/mol. The molecule has 0 saturated heterocycles. The molecule has 7 nitrogen and oxygen atoms in total. The fourth-order valence-electron chi connectivity index (χ4n) is 3.32. The number of fused-ring (bicyclic) bond motifs is 1. The molecule has 1 amide bonds. The zero-order chi connectivity index (χ0) is 19.5. The number of nitrogens with zero attached hydrogens (tertiary/aromatic N) is 4. The first kappa shape index (κ1) is 17.8. The fourth-order valence-corrected chi connectivity index (χ4v) is 3.32. The van der Waals surface area contributed by atoms with Crippen molar-refractivity contribution in [2.45, 2.75) is 25.3 Å². The first-order chi connectivity index (χ1) is 13.6. The van der Waals surface area contributed by atoms with Gasteiger partial charge in [0.1, 0.15) is 0 Å². The summed E-state index contributed by atoms with van der Waals surface area (Å²) in [6.07, 6.45) is 3.30. The number of aromatic nitrogens is 2. The van der Waals surface area contributed by atoms with Gasteiger partial charge < -0.3 is 9.90 Å². The number of carbonyl (C=O) groups excluding carboxylic acids is 2. The molecule has 2 aromatic carbocycles. The molecule has 0 saturated carbocycles. The Balaban J connectivity index is 1.68. The lowest BCUT2D eigenvalue weighted by molar-refractivity contribution is -0.305. The van der Waals surface area contributed by atoms with Crippen LogP contribution in [0, 0.1) is 0 Å². The zero-order valence-electron chi connectivity index (χ0n) is 15.0. The SMILES string of the molecule is O=C([O-])CCC(=O)N1N=C(c2ccccc2)C[C@@H]1c1ccc2nccnc2c1. The third-order valence-electron chi connectivity index (χ3n) is 4.69. The van der Waals surface area contributed by atoms with Crippen molar-refractivity contribution in [1.29, 1.82) is 0 Å². The van der Waals surface area contributed by atoms with Crippen molar-refractivity contribution in [3.05, 3.63) is 72.1 Å². The van der Waals surface area contributed by atoms with Crippen molar-refractivity contribution in [3.8, 4) is 0 Å². The first-order valence-corrected chi connectivity index (χ1v) is 8.97. The molecule has 2 heterocycles. The van der Waals surface area contributed by atoms with Crippen LogP contribution in [-0.4, -0.2) is 32.6 Å². The van der Waals surface area contributed by atoms with Crippen molar-refractivity contribution in [2.75, 3.05) is 0 Å². The second kappa shape index (κ2) is 7.56. The molecule has 3 aromatic rings. The average Bonchev–Trinajstić information content (AvgIpc) is 3.18. The van der Waals surface area contributed by atoms with E-state index in [1.165, 1.54) is 5.01 Å². The van der Waals surface area contributed by atoms with Crippen LogP contribution in [0.2, 0.25) is 0 Å². The van der Waals surface area contributed by atoms with Crippen molar-refractivity contribution in [2.24, 2.45) is 5.10 Å². The van der Waals surface area contributed by atoms with Gasteiger partial charge in [0, 0.05) is 31.2 Å². The summed E-state index contributed by atoms with van der Waals surface area (Å²) in [5, 5.41) is 16.7. The Bertz CT molecular complexity index is 1070. The van der Waals surface area contributed by atoms with Crippen LogP contribution in [0.4, 0.5) is 0 Å². The van der Waals surface area contributed by atoms with E-state index in [4.69, 9.17) is 0 Å². The van der Waals surface area contributed by atoms with Gasteiger partial charge in [0.25, 0.3) is 0 Å². The lowest BCUT2D eigenvalue weighted by Crippen LogP contribution is -2.29. The van der Waals surface area contributed by atoms with Crippen LogP contribution in [0.3, 0.4) is 0 Å². The van der Waals surface area contributed by atoms with Gasteiger partial charge in [-0.15, -0.1) is 0 Å². The molecule has 1 aliphatic heterocycles. The number of aliphatic carboxylic acids is 1. The van der Waals surface area contributed by atoms with E-state index >= 15 is 0 Å². The molecule has 0 radical (unpaired) electrons. The molecular formula is C21H17N4O3-. The van der Waals surface area contributed by atoms with Crippen molar-refractivity contribution >= 4 is 28.6 Å². The van der Waals surface area contributed by atoms with Crippen LogP contribution in [0.5, 0.6) is 0 Å². The molecule has 140 valence electrons. The van der Waals surface area contributed by atoms with Crippen LogP contribution < -0.4 is 5.11 Å². The average molecular weight is 373 g/mol. The predicted octanol–water partition coefficient (Wildman–Crippen LogP) is 1.84. The van der Waals surface area contributed by atoms with E-state index in [9.17, 15) is 14.7 Å². The van der Waals surface area contributed by atoms with Crippen LogP contribution in [-0.2, 0) is 9.59 Å². The Kier molecular flexibility index (Phi) is 4.80. The smallest absolute Gasteiger partial charge is 0.243 e. The van der Waals surface area contributed by atoms with Crippen LogP contribution in [0.1, 0.15) is 36.4 Å². The quantitative estimate of drug-likeness (QED) is 0.679. The minimum Gasteiger partial charge on any atom is -0.550 e. The highest BCUT2D eigenvalue weighted by molar-refractivity contribution is 6.03. The Hall–Kier alpha value is -3.61. The summed E-state index contributed by atoms with van der Waals surface area (Å²) in [6, 6.07) is 15.0. The number of hydrogen-bond acceptors (Lipinski definition) is 6. The van der Waals surface area contributed by atoms with E-state index in [0.29, 0.717) is 6.42 Å². The standard InChI is InChI=1S/C21H18N4O3/c26-20(8-9-21(27)28)25-19(13-17(24-25)14-4-2-1-3-5-14)15-6-7-16-18(12-15)23-11-10-22-16/h1-7,10-12,19H,8-9,13H2,(H,27,28)/p-1/t19-/m1/s1. The zero-order valence-corrected chi connectivity index (χ0v) is 15.0. The van der Waals surface area contributed by atoms with E-state index in [1.807, 2.05) is 48.5 Å². The lowest BCUT2D eigenvalue weighted by atomic mass is 9.98. The highest BCUT2D eigenvalue weighted by atomic mass is 16.4. The third kappa shape index (κ3) is 3.59. The number of carboxylic acid groups (broad SMARTS) is 1. The molecule has 0 spiro atoms. The van der Waals surface area contributed by atoms with Gasteiger partial charge in [0.05, 0.1) is 22.8 Å². The van der Waals surface area contributed by atoms with E-state index in [-0.39, 0.29) is 24.8 Å². The molecule has 1 atom stereocenters. The number of hydrazone groups is 1. The van der Waals surface area contributed by atoms with Crippen LogP contribution in [0.25, 0.3) is 11.0 Å². The summed E-state index contributed by atoms with van der Waals surface area (Å²) in [5.74, 6) is -1.60. The minimum absolute atomic E-state index is 0.155. The molecule has 0 aliphatic carbocycles. The summed E-state index contributed by atoms with van der Waals surface area (Å²) >= 11 is 0. The lowest BCUT2D eigenvalue weighted by Gasteiger charge is -2.22. The second-order valence-corrected chi connectivity index (χ2v) is 6.55. The topological polar surface area (TPSA) is 98.6 Å². The Labute approximate surface area is 161 Å². The second-order valence-electron chi connectivity index (χ2n) is 6.55. The Morgan fingerprint density at radius 3 is 2.50 bits per heavy atom. The number of carboxylic acids is 1. The minimum atomic E-state index is -1.25. The van der Waals surface area contributed by atoms with E-state index < -0.39 is 5.97 Å². The van der Waals surface area contributed by atoms with Crippen LogP contribution >= 0.6 is 0 Å². The summed E-state index contributed by atoms with van der Waals surface area (Å²) in [6.45, 7) is 0.